The molecule has 1 aromatic carbocycles. The molecule has 0 aliphatic rings. The Morgan fingerprint density at radius 2 is 1.71 bits per heavy atom. The number of ether oxygens (including phenoxy) is 1. The maximum Gasteiger partial charge on any atom is 0.339 e. The van der Waals surface area contributed by atoms with Crippen molar-refractivity contribution in [3.05, 3.63) is 29.8 Å². The van der Waals surface area contributed by atoms with Crippen molar-refractivity contribution in [1.82, 2.24) is 0 Å². The lowest BCUT2D eigenvalue weighted by atomic mass is 10.2. The maximum atomic E-state index is 10.8. The van der Waals surface area contributed by atoms with Crippen molar-refractivity contribution in [2.24, 2.45) is 0 Å². The van der Waals surface area contributed by atoms with Gasteiger partial charge in [0.25, 0.3) is 0 Å². The van der Waals surface area contributed by atoms with E-state index in [1.807, 2.05) is 0 Å². The number of hydrogen-bond acceptors (Lipinski definition) is 2. The summed E-state index contributed by atoms with van der Waals surface area (Å²) in [5, 5.41) is 8.89. The summed E-state index contributed by atoms with van der Waals surface area (Å²) in [6, 6.07) is 6.72. The monoisotopic (exact) mass is 314 g/mol. The van der Waals surface area contributed by atoms with Gasteiger partial charge in [0.15, 0.2) is 0 Å². The maximum absolute atomic E-state index is 10.8. The molecular formula is C17H27ClO3. The second-order valence-electron chi connectivity index (χ2n) is 4.75. The summed E-state index contributed by atoms with van der Waals surface area (Å²) >= 11 is 5.38. The third kappa shape index (κ3) is 10.2. The lowest BCUT2D eigenvalue weighted by molar-refractivity contribution is 0.0692. The van der Waals surface area contributed by atoms with Crippen LogP contribution < -0.4 is 4.74 Å². The highest BCUT2D eigenvalue weighted by atomic mass is 35.5. The van der Waals surface area contributed by atoms with Crippen LogP contribution in [0.5, 0.6) is 5.75 Å². The van der Waals surface area contributed by atoms with Crippen LogP contribution in [0.2, 0.25) is 0 Å². The highest BCUT2D eigenvalue weighted by molar-refractivity contribution is 6.17. The molecule has 120 valence electrons. The molecule has 0 spiro atoms. The van der Waals surface area contributed by atoms with Gasteiger partial charge in [-0.2, -0.15) is 0 Å². The molecule has 1 N–H and O–H groups in total. The smallest absolute Gasteiger partial charge is 0.339 e. The molecule has 0 amide bonds. The first-order chi connectivity index (χ1) is 10.2. The zero-order valence-corrected chi connectivity index (χ0v) is 13.9. The molecule has 3 nitrogen and oxygen atoms in total. The molecule has 0 aromatic heterocycles. The van der Waals surface area contributed by atoms with Crippen LogP contribution >= 0.6 is 11.6 Å². The van der Waals surface area contributed by atoms with Gasteiger partial charge in [0.2, 0.25) is 0 Å². The Morgan fingerprint density at radius 1 is 1.10 bits per heavy atom. The Balaban J connectivity index is 0.000000567. The van der Waals surface area contributed by atoms with Crippen molar-refractivity contribution in [2.45, 2.75) is 52.4 Å². The van der Waals surface area contributed by atoms with Crippen molar-refractivity contribution in [1.29, 1.82) is 0 Å². The number of rotatable bonds is 9. The van der Waals surface area contributed by atoms with Crippen molar-refractivity contribution >= 4 is 17.6 Å². The predicted octanol–water partition coefficient (Wildman–Crippen LogP) is 5.37. The SMILES string of the molecule is CCCCCCl.CCCCCOc1ccccc1C(=O)O. The molecule has 0 atom stereocenters. The molecule has 1 rings (SSSR count). The minimum absolute atomic E-state index is 0.231. The third-order valence-electron chi connectivity index (χ3n) is 2.86. The van der Waals surface area contributed by atoms with Crippen LogP contribution in [0.3, 0.4) is 0 Å². The highest BCUT2D eigenvalue weighted by Gasteiger charge is 2.09. The van der Waals surface area contributed by atoms with Gasteiger partial charge in [0, 0.05) is 5.88 Å². The largest absolute Gasteiger partial charge is 0.493 e. The van der Waals surface area contributed by atoms with Gasteiger partial charge in [-0.25, -0.2) is 4.79 Å². The van der Waals surface area contributed by atoms with E-state index in [9.17, 15) is 4.79 Å². The van der Waals surface area contributed by atoms with Gasteiger partial charge in [-0.05, 0) is 25.0 Å². The summed E-state index contributed by atoms with van der Waals surface area (Å²) in [6.07, 6.45) is 6.93. The topological polar surface area (TPSA) is 46.5 Å². The van der Waals surface area contributed by atoms with Gasteiger partial charge in [-0.15, -0.1) is 11.6 Å². The van der Waals surface area contributed by atoms with Crippen LogP contribution in [-0.2, 0) is 0 Å². The summed E-state index contributed by atoms with van der Waals surface area (Å²) in [7, 11) is 0. The molecule has 0 heterocycles. The van der Waals surface area contributed by atoms with E-state index < -0.39 is 5.97 Å². The number of alkyl halides is 1. The predicted molar refractivity (Wildman–Crippen MR) is 88.7 cm³/mol. The van der Waals surface area contributed by atoms with E-state index in [-0.39, 0.29) is 5.56 Å². The first-order valence-electron chi connectivity index (χ1n) is 7.68. The van der Waals surface area contributed by atoms with Gasteiger partial charge in [-0.1, -0.05) is 51.7 Å². The Kier molecular flexibility index (Phi) is 13.0. The van der Waals surface area contributed by atoms with Crippen LogP contribution in [-0.4, -0.2) is 23.6 Å². The van der Waals surface area contributed by atoms with Crippen LogP contribution in [0.1, 0.15) is 62.7 Å². The molecule has 0 bridgehead atoms. The normalized spacial score (nSPS) is 9.67. The number of aromatic carboxylic acids is 1. The van der Waals surface area contributed by atoms with E-state index in [4.69, 9.17) is 21.4 Å². The second-order valence-corrected chi connectivity index (χ2v) is 5.13. The Labute approximate surface area is 133 Å². The number of unbranched alkanes of at least 4 members (excludes halogenated alkanes) is 4. The van der Waals surface area contributed by atoms with E-state index in [0.717, 1.165) is 25.1 Å². The van der Waals surface area contributed by atoms with Crippen LogP contribution in [0.4, 0.5) is 0 Å². The number of carboxylic acid groups (broad SMARTS) is 1. The van der Waals surface area contributed by atoms with Crippen LogP contribution in [0.15, 0.2) is 24.3 Å². The lowest BCUT2D eigenvalue weighted by Crippen LogP contribution is -2.04. The van der Waals surface area contributed by atoms with Crippen molar-refractivity contribution in [3.8, 4) is 5.75 Å². The molecule has 0 saturated carbocycles. The average molecular weight is 315 g/mol. The molecule has 1 aromatic rings. The molecule has 0 unspecified atom stereocenters. The summed E-state index contributed by atoms with van der Waals surface area (Å²) in [5.74, 6) is 0.343. The fraction of sp³-hybridized carbons (Fsp3) is 0.588. The molecule has 21 heavy (non-hydrogen) atoms. The number of halogens is 1. The third-order valence-corrected chi connectivity index (χ3v) is 3.13. The molecule has 0 fully saturated rings. The van der Waals surface area contributed by atoms with E-state index in [1.165, 1.54) is 19.3 Å². The van der Waals surface area contributed by atoms with Gasteiger partial charge >= 0.3 is 5.97 Å². The minimum atomic E-state index is -0.943. The molecule has 0 aliphatic carbocycles. The second kappa shape index (κ2) is 13.7. The summed E-state index contributed by atoms with van der Waals surface area (Å²) < 4.78 is 5.42. The number of para-hydroxylation sites is 1. The molecule has 4 heteroatoms. The van der Waals surface area contributed by atoms with Gasteiger partial charge < -0.3 is 9.84 Å². The Morgan fingerprint density at radius 3 is 2.24 bits per heavy atom. The highest BCUT2D eigenvalue weighted by Crippen LogP contribution is 2.18. The molecule has 0 saturated heterocycles. The van der Waals surface area contributed by atoms with E-state index in [0.29, 0.717) is 12.4 Å². The Hall–Kier alpha value is -1.22. The first kappa shape index (κ1) is 19.8. The average Bonchev–Trinajstić information content (AvgIpc) is 2.50. The first-order valence-corrected chi connectivity index (χ1v) is 8.21. The number of carbonyl (C=O) groups is 1. The summed E-state index contributed by atoms with van der Waals surface area (Å²) in [5.41, 5.74) is 0.231. The summed E-state index contributed by atoms with van der Waals surface area (Å²) in [6.45, 7) is 4.87. The van der Waals surface area contributed by atoms with Crippen LogP contribution in [0.25, 0.3) is 0 Å². The van der Waals surface area contributed by atoms with Crippen molar-refractivity contribution in [2.75, 3.05) is 12.5 Å². The zero-order valence-electron chi connectivity index (χ0n) is 13.1. The summed E-state index contributed by atoms with van der Waals surface area (Å²) in [4.78, 5) is 10.8. The lowest BCUT2D eigenvalue weighted by Gasteiger charge is -2.08. The van der Waals surface area contributed by atoms with E-state index in [1.54, 1.807) is 24.3 Å². The quantitative estimate of drug-likeness (QED) is 0.492. The standard InChI is InChI=1S/C12H16O3.C5H11Cl/c1-2-3-6-9-15-11-8-5-4-7-10(11)12(13)14;1-2-3-4-5-6/h4-5,7-8H,2-3,6,9H2,1H3,(H,13,14);2-5H2,1H3. The van der Waals surface area contributed by atoms with E-state index in [2.05, 4.69) is 13.8 Å². The fourth-order valence-electron chi connectivity index (χ4n) is 1.65. The minimum Gasteiger partial charge on any atom is -0.493 e. The van der Waals surface area contributed by atoms with Crippen LogP contribution in [0, 0.1) is 0 Å². The van der Waals surface area contributed by atoms with Crippen molar-refractivity contribution in [3.63, 3.8) is 0 Å². The molecular weight excluding hydrogens is 288 g/mol. The zero-order chi connectivity index (χ0) is 15.9. The molecule has 0 radical (unpaired) electrons. The van der Waals surface area contributed by atoms with Crippen molar-refractivity contribution < 1.29 is 14.6 Å². The van der Waals surface area contributed by atoms with E-state index >= 15 is 0 Å². The van der Waals surface area contributed by atoms with Gasteiger partial charge in [0.1, 0.15) is 11.3 Å². The number of benzene rings is 1. The van der Waals surface area contributed by atoms with Gasteiger partial charge in [0.05, 0.1) is 6.61 Å². The van der Waals surface area contributed by atoms with Gasteiger partial charge in [-0.3, -0.25) is 0 Å². The molecule has 0 aliphatic heterocycles. The fourth-order valence-corrected chi connectivity index (χ4v) is 1.84. The Bertz CT molecular complexity index is 376. The number of hydrogen-bond donors (Lipinski definition) is 1. The number of carboxylic acids is 1.